The smallest absolute Gasteiger partial charge is 0.341 e. The summed E-state index contributed by atoms with van der Waals surface area (Å²) in [7, 11) is 0. The molecule has 2 aromatic heterocycles. The molecule has 1 aliphatic rings. The first-order valence-electron chi connectivity index (χ1n) is 9.81. The summed E-state index contributed by atoms with van der Waals surface area (Å²) in [6, 6.07) is 13.0. The molecule has 162 valence electrons. The third-order valence-corrected chi connectivity index (χ3v) is 5.24. The largest absolute Gasteiger partial charge is 0.416 e. The Kier molecular flexibility index (Phi) is 4.69. The van der Waals surface area contributed by atoms with Gasteiger partial charge in [0.2, 0.25) is 0 Å². The first kappa shape index (κ1) is 19.9. The van der Waals surface area contributed by atoms with Gasteiger partial charge in [0.05, 0.1) is 11.1 Å². The van der Waals surface area contributed by atoms with Crippen molar-refractivity contribution in [1.29, 1.82) is 0 Å². The van der Waals surface area contributed by atoms with E-state index in [0.29, 0.717) is 5.69 Å². The number of aromatic nitrogens is 3. The van der Waals surface area contributed by atoms with Crippen molar-refractivity contribution >= 4 is 39.9 Å². The molecule has 2 aromatic carbocycles. The molecule has 0 radical (unpaired) electrons. The molecule has 5 rings (SSSR count). The number of hydrogen-bond acceptors (Lipinski definition) is 4. The number of carbonyl (C=O) groups is 1. The van der Waals surface area contributed by atoms with Crippen molar-refractivity contribution in [2.75, 3.05) is 22.1 Å². The van der Waals surface area contributed by atoms with E-state index in [9.17, 15) is 18.0 Å². The van der Waals surface area contributed by atoms with Gasteiger partial charge < -0.3 is 20.1 Å². The van der Waals surface area contributed by atoms with Gasteiger partial charge in [0.15, 0.2) is 5.82 Å². The highest BCUT2D eigenvalue weighted by Crippen LogP contribution is 2.34. The molecule has 0 atom stereocenters. The standard InChI is InChI=1S/C22H17F3N6O/c23-22(24,25)14-2-1-3-16(12-14)29-21(32)28-15-4-6-17(7-5-15)31-11-10-30-9-8-18-19(30)20(31)27-13-26-18/h1-9,12-13H,10-11H2,(H2,28,29,32). The molecule has 0 saturated carbocycles. The minimum atomic E-state index is -4.48. The van der Waals surface area contributed by atoms with E-state index in [1.165, 1.54) is 18.5 Å². The molecule has 4 aromatic rings. The number of urea groups is 1. The third kappa shape index (κ3) is 3.70. The molecule has 2 amide bonds. The number of benzene rings is 2. The lowest BCUT2D eigenvalue weighted by Gasteiger charge is -2.29. The molecule has 1 aliphatic heterocycles. The fraction of sp³-hybridized carbons (Fsp3) is 0.136. The maximum absolute atomic E-state index is 12.8. The van der Waals surface area contributed by atoms with Crippen LogP contribution in [-0.2, 0) is 12.7 Å². The predicted octanol–water partition coefficient (Wildman–Crippen LogP) is 5.25. The number of amides is 2. The maximum atomic E-state index is 12.8. The van der Waals surface area contributed by atoms with Crippen molar-refractivity contribution < 1.29 is 18.0 Å². The summed E-state index contributed by atoms with van der Waals surface area (Å²) in [6.45, 7) is 1.53. The van der Waals surface area contributed by atoms with E-state index in [2.05, 4.69) is 30.1 Å². The van der Waals surface area contributed by atoms with Gasteiger partial charge in [-0.25, -0.2) is 14.8 Å². The van der Waals surface area contributed by atoms with Gasteiger partial charge in [0.25, 0.3) is 0 Å². The summed E-state index contributed by atoms with van der Waals surface area (Å²) in [4.78, 5) is 23.1. The second kappa shape index (κ2) is 7.56. The summed E-state index contributed by atoms with van der Waals surface area (Å²) in [5.41, 5.74) is 2.49. The Balaban J connectivity index is 1.29. The number of halogens is 3. The van der Waals surface area contributed by atoms with E-state index in [0.717, 1.165) is 47.8 Å². The molecule has 0 bridgehead atoms. The second-order valence-corrected chi connectivity index (χ2v) is 7.30. The van der Waals surface area contributed by atoms with Crippen LogP contribution >= 0.6 is 0 Å². The Morgan fingerprint density at radius 1 is 0.938 bits per heavy atom. The van der Waals surface area contributed by atoms with Crippen molar-refractivity contribution in [2.45, 2.75) is 12.7 Å². The lowest BCUT2D eigenvalue weighted by molar-refractivity contribution is -0.137. The van der Waals surface area contributed by atoms with Crippen LogP contribution in [0.25, 0.3) is 11.0 Å². The van der Waals surface area contributed by atoms with Gasteiger partial charge in [-0.2, -0.15) is 13.2 Å². The monoisotopic (exact) mass is 438 g/mol. The number of nitrogens with one attached hydrogen (secondary N) is 2. The molecular formula is C22H17F3N6O. The lowest BCUT2D eigenvalue weighted by atomic mass is 10.2. The zero-order chi connectivity index (χ0) is 22.3. The molecule has 32 heavy (non-hydrogen) atoms. The van der Waals surface area contributed by atoms with Gasteiger partial charge in [-0.3, -0.25) is 0 Å². The summed E-state index contributed by atoms with van der Waals surface area (Å²) in [5.74, 6) is 0.814. The fourth-order valence-corrected chi connectivity index (χ4v) is 3.76. The van der Waals surface area contributed by atoms with E-state index in [-0.39, 0.29) is 5.69 Å². The Labute approximate surface area is 180 Å². The van der Waals surface area contributed by atoms with Crippen LogP contribution in [0.4, 0.5) is 40.8 Å². The van der Waals surface area contributed by atoms with Crippen LogP contribution in [0.1, 0.15) is 5.56 Å². The molecule has 0 saturated heterocycles. The molecule has 7 nitrogen and oxygen atoms in total. The van der Waals surface area contributed by atoms with Gasteiger partial charge in [-0.1, -0.05) is 6.07 Å². The fourth-order valence-electron chi connectivity index (χ4n) is 3.76. The number of alkyl halides is 3. The molecular weight excluding hydrogens is 421 g/mol. The van der Waals surface area contributed by atoms with Gasteiger partial charge in [0, 0.05) is 36.3 Å². The maximum Gasteiger partial charge on any atom is 0.416 e. The first-order valence-corrected chi connectivity index (χ1v) is 9.81. The Bertz CT molecular complexity index is 1300. The Morgan fingerprint density at radius 2 is 1.72 bits per heavy atom. The molecule has 0 spiro atoms. The van der Waals surface area contributed by atoms with Gasteiger partial charge in [-0.15, -0.1) is 0 Å². The van der Waals surface area contributed by atoms with Crippen molar-refractivity contribution in [1.82, 2.24) is 14.5 Å². The van der Waals surface area contributed by atoms with Gasteiger partial charge in [0.1, 0.15) is 11.8 Å². The van der Waals surface area contributed by atoms with Crippen molar-refractivity contribution in [2.24, 2.45) is 0 Å². The SMILES string of the molecule is O=C(Nc1ccc(N2CCn3ccc4ncnc2c43)cc1)Nc1cccc(C(F)(F)F)c1. The average Bonchev–Trinajstić information content (AvgIpc) is 3.19. The van der Waals surface area contributed by atoms with E-state index in [4.69, 9.17) is 0 Å². The van der Waals surface area contributed by atoms with E-state index in [1.54, 1.807) is 12.1 Å². The third-order valence-electron chi connectivity index (χ3n) is 5.24. The summed E-state index contributed by atoms with van der Waals surface area (Å²) >= 11 is 0. The van der Waals surface area contributed by atoms with Crippen LogP contribution in [0.5, 0.6) is 0 Å². The Morgan fingerprint density at radius 3 is 2.50 bits per heavy atom. The predicted molar refractivity (Wildman–Crippen MR) is 115 cm³/mol. The van der Waals surface area contributed by atoms with Crippen LogP contribution in [0.3, 0.4) is 0 Å². The van der Waals surface area contributed by atoms with E-state index in [1.807, 2.05) is 24.4 Å². The quantitative estimate of drug-likeness (QED) is 0.458. The van der Waals surface area contributed by atoms with Crippen LogP contribution in [0, 0.1) is 0 Å². The van der Waals surface area contributed by atoms with Crippen molar-refractivity contribution in [3.63, 3.8) is 0 Å². The topological polar surface area (TPSA) is 75.1 Å². The van der Waals surface area contributed by atoms with Crippen LogP contribution in [0.2, 0.25) is 0 Å². The van der Waals surface area contributed by atoms with Gasteiger partial charge in [-0.05, 0) is 48.5 Å². The number of nitrogens with zero attached hydrogens (tertiary/aromatic N) is 4. The normalized spacial score (nSPS) is 13.3. The highest BCUT2D eigenvalue weighted by Gasteiger charge is 2.30. The van der Waals surface area contributed by atoms with Crippen LogP contribution in [0.15, 0.2) is 67.1 Å². The second-order valence-electron chi connectivity index (χ2n) is 7.30. The zero-order valence-corrected chi connectivity index (χ0v) is 16.6. The summed E-state index contributed by atoms with van der Waals surface area (Å²) in [6.07, 6.45) is -0.945. The van der Waals surface area contributed by atoms with Gasteiger partial charge >= 0.3 is 12.2 Å². The lowest BCUT2D eigenvalue weighted by Crippen LogP contribution is -2.28. The Hall–Kier alpha value is -4.08. The summed E-state index contributed by atoms with van der Waals surface area (Å²) in [5, 5.41) is 5.05. The average molecular weight is 438 g/mol. The van der Waals surface area contributed by atoms with Crippen molar-refractivity contribution in [3.05, 3.63) is 72.7 Å². The van der Waals surface area contributed by atoms with E-state index < -0.39 is 17.8 Å². The molecule has 0 aliphatic carbocycles. The molecule has 2 N–H and O–H groups in total. The van der Waals surface area contributed by atoms with E-state index >= 15 is 0 Å². The van der Waals surface area contributed by atoms with Crippen LogP contribution < -0.4 is 15.5 Å². The highest BCUT2D eigenvalue weighted by atomic mass is 19.4. The minimum absolute atomic E-state index is 0.0537. The minimum Gasteiger partial charge on any atom is -0.341 e. The molecule has 0 fully saturated rings. The van der Waals surface area contributed by atoms with Crippen LogP contribution in [-0.4, -0.2) is 27.1 Å². The highest BCUT2D eigenvalue weighted by molar-refractivity contribution is 6.00. The molecule has 10 heteroatoms. The first-order chi connectivity index (χ1) is 15.4. The molecule has 0 unspecified atom stereocenters. The molecule has 3 heterocycles. The zero-order valence-electron chi connectivity index (χ0n) is 16.6. The van der Waals surface area contributed by atoms with Crippen molar-refractivity contribution in [3.8, 4) is 0 Å². The number of rotatable bonds is 3. The summed E-state index contributed by atoms with van der Waals surface area (Å²) < 4.78 is 40.6. The number of hydrogen-bond donors (Lipinski definition) is 2. The number of carbonyl (C=O) groups excluding carboxylic acids is 1. The number of anilines is 4.